The number of amides is 1. The quantitative estimate of drug-likeness (QED) is 0.231. The van der Waals surface area contributed by atoms with Crippen LogP contribution in [-0.4, -0.2) is 15.9 Å². The molecule has 0 spiro atoms. The average molecular weight is 459 g/mol. The Bertz CT molecular complexity index is 782. The van der Waals surface area contributed by atoms with Crippen molar-refractivity contribution in [3.63, 3.8) is 0 Å². The van der Waals surface area contributed by atoms with Gasteiger partial charge in [-0.15, -0.1) is 12.4 Å². The molecule has 0 aliphatic heterocycles. The summed E-state index contributed by atoms with van der Waals surface area (Å²) in [6.45, 7) is 4.24. The summed E-state index contributed by atoms with van der Waals surface area (Å²) in [6.07, 6.45) is 30.6. The van der Waals surface area contributed by atoms with E-state index < -0.39 is 0 Å². The second-order valence-corrected chi connectivity index (χ2v) is 7.14. The van der Waals surface area contributed by atoms with Crippen LogP contribution in [0.4, 0.5) is 5.82 Å². The number of anilines is 1. The molecule has 0 saturated heterocycles. The van der Waals surface area contributed by atoms with Gasteiger partial charge in [0.2, 0.25) is 5.91 Å². The fraction of sp³-hybridized carbons (Fsp3) is 0.423. The van der Waals surface area contributed by atoms with E-state index in [0.29, 0.717) is 24.6 Å². The summed E-state index contributed by atoms with van der Waals surface area (Å²) >= 11 is 0. The summed E-state index contributed by atoms with van der Waals surface area (Å²) in [5.41, 5.74) is 6.41. The lowest BCUT2D eigenvalue weighted by Gasteiger charge is -2.08. The molecule has 0 aliphatic carbocycles. The van der Waals surface area contributed by atoms with E-state index in [-0.39, 0.29) is 18.3 Å². The minimum atomic E-state index is -0.0415. The van der Waals surface area contributed by atoms with Crippen molar-refractivity contribution in [3.05, 3.63) is 78.3 Å². The van der Waals surface area contributed by atoms with E-state index in [2.05, 4.69) is 83.0 Å². The van der Waals surface area contributed by atoms with Crippen LogP contribution in [0.2, 0.25) is 0 Å². The number of rotatable bonds is 15. The number of nitrogens with two attached hydrogens (primary N) is 1. The number of carbonyl (C=O) groups is 1. The van der Waals surface area contributed by atoms with Gasteiger partial charge in [-0.3, -0.25) is 4.79 Å². The van der Waals surface area contributed by atoms with Crippen LogP contribution in [-0.2, 0) is 11.3 Å². The van der Waals surface area contributed by atoms with Gasteiger partial charge in [0.1, 0.15) is 11.6 Å². The molecule has 0 unspecified atom stereocenters. The fourth-order valence-electron chi connectivity index (χ4n) is 2.70. The van der Waals surface area contributed by atoms with Crippen molar-refractivity contribution in [2.75, 3.05) is 5.32 Å². The first-order valence-corrected chi connectivity index (χ1v) is 11.2. The molecule has 3 N–H and O–H groups in total. The molecule has 1 heterocycles. The Morgan fingerprint density at radius 2 is 1.47 bits per heavy atom. The third-order valence-electron chi connectivity index (χ3n) is 4.40. The maximum Gasteiger partial charge on any atom is 0.225 e. The van der Waals surface area contributed by atoms with Crippen LogP contribution in [0.3, 0.4) is 0 Å². The van der Waals surface area contributed by atoms with E-state index in [1.54, 1.807) is 13.1 Å². The molecule has 0 saturated carbocycles. The van der Waals surface area contributed by atoms with Gasteiger partial charge in [0.15, 0.2) is 0 Å². The van der Waals surface area contributed by atoms with Crippen molar-refractivity contribution in [2.24, 2.45) is 5.73 Å². The Morgan fingerprint density at radius 1 is 0.938 bits per heavy atom. The smallest absolute Gasteiger partial charge is 0.225 e. The second-order valence-electron chi connectivity index (χ2n) is 7.14. The van der Waals surface area contributed by atoms with Crippen molar-refractivity contribution >= 4 is 24.1 Å². The van der Waals surface area contributed by atoms with Crippen molar-refractivity contribution in [3.8, 4) is 0 Å². The maximum absolute atomic E-state index is 12.1. The van der Waals surface area contributed by atoms with E-state index in [0.717, 1.165) is 50.5 Å². The lowest BCUT2D eigenvalue weighted by Crippen LogP contribution is -2.16. The Hall–Kier alpha value is -2.50. The molecule has 6 heteroatoms. The van der Waals surface area contributed by atoms with E-state index in [4.69, 9.17) is 5.73 Å². The zero-order valence-electron chi connectivity index (χ0n) is 19.5. The second kappa shape index (κ2) is 20.4. The molecular weight excluding hydrogens is 420 g/mol. The van der Waals surface area contributed by atoms with Crippen LogP contribution in [0.1, 0.15) is 69.7 Å². The molecule has 1 amide bonds. The normalized spacial score (nSPS) is 12.0. The van der Waals surface area contributed by atoms with Gasteiger partial charge in [-0.05, 0) is 51.9 Å². The Kier molecular flexibility index (Phi) is 18.8. The van der Waals surface area contributed by atoms with Crippen LogP contribution in [0.15, 0.2) is 67.0 Å². The summed E-state index contributed by atoms with van der Waals surface area (Å²) in [6, 6.07) is 0. The van der Waals surface area contributed by atoms with Gasteiger partial charge in [-0.1, -0.05) is 67.7 Å². The van der Waals surface area contributed by atoms with Gasteiger partial charge in [0.25, 0.3) is 0 Å². The predicted octanol–water partition coefficient (Wildman–Crippen LogP) is 6.53. The number of halogens is 1. The molecule has 1 aromatic heterocycles. The summed E-state index contributed by atoms with van der Waals surface area (Å²) in [5, 5.41) is 2.84. The number of aryl methyl sites for hydroxylation is 1. The van der Waals surface area contributed by atoms with E-state index in [9.17, 15) is 4.79 Å². The zero-order chi connectivity index (χ0) is 22.6. The van der Waals surface area contributed by atoms with Crippen molar-refractivity contribution < 1.29 is 4.79 Å². The van der Waals surface area contributed by atoms with Gasteiger partial charge in [0.05, 0.1) is 0 Å². The zero-order valence-corrected chi connectivity index (χ0v) is 20.3. The average Bonchev–Trinajstić information content (AvgIpc) is 2.76. The number of carbonyl (C=O) groups excluding carboxylic acids is 1. The highest BCUT2D eigenvalue weighted by atomic mass is 35.5. The minimum absolute atomic E-state index is 0. The third kappa shape index (κ3) is 15.3. The van der Waals surface area contributed by atoms with Gasteiger partial charge in [0, 0.05) is 24.7 Å². The molecule has 5 nitrogen and oxygen atoms in total. The molecule has 0 fully saturated rings. The Morgan fingerprint density at radius 3 is 2.00 bits per heavy atom. The molecule has 176 valence electrons. The molecule has 1 aromatic rings. The van der Waals surface area contributed by atoms with Crippen LogP contribution in [0.5, 0.6) is 0 Å². The van der Waals surface area contributed by atoms with E-state index >= 15 is 0 Å². The molecule has 1 rings (SSSR count). The summed E-state index contributed by atoms with van der Waals surface area (Å²) in [5.74, 6) is 1.10. The SMILES string of the molecule is CC/C=C\C/C=C\C/C=C\C/C=C\C/C=C\CCCC(=O)Nc1nc(C)ncc1CN.Cl. The number of hydrogen-bond acceptors (Lipinski definition) is 4. The van der Waals surface area contributed by atoms with Gasteiger partial charge in [-0.25, -0.2) is 9.97 Å². The first-order chi connectivity index (χ1) is 15.2. The van der Waals surface area contributed by atoms with Gasteiger partial charge < -0.3 is 11.1 Å². The highest BCUT2D eigenvalue weighted by Crippen LogP contribution is 2.11. The monoisotopic (exact) mass is 458 g/mol. The topological polar surface area (TPSA) is 80.9 Å². The molecule has 0 aliphatic rings. The highest BCUT2D eigenvalue weighted by Gasteiger charge is 2.08. The number of unbranched alkanes of at least 4 members (excludes halogenated alkanes) is 1. The number of hydrogen-bond donors (Lipinski definition) is 2. The molecule has 0 aromatic carbocycles. The van der Waals surface area contributed by atoms with Crippen LogP contribution >= 0.6 is 12.4 Å². The Labute approximate surface area is 200 Å². The minimum Gasteiger partial charge on any atom is -0.326 e. The first-order valence-electron chi connectivity index (χ1n) is 11.2. The van der Waals surface area contributed by atoms with Crippen molar-refractivity contribution in [1.29, 1.82) is 0 Å². The maximum atomic E-state index is 12.1. The standard InChI is InChI=1S/C26H38N4O.ClH/c1-3-4-5-6-7-8-9-10-11-12-13-14-15-16-17-18-19-20-25(31)30-26-24(21-27)22-28-23(2)29-26;/h4-5,7-8,10-11,13-14,16-17,22H,3,6,9,12,15,18-21,27H2,1-2H3,(H,28,29,30,31);1H/b5-4-,8-7-,11-10-,14-13-,17-16-;. The predicted molar refractivity (Wildman–Crippen MR) is 139 cm³/mol. The van der Waals surface area contributed by atoms with Crippen molar-refractivity contribution in [1.82, 2.24) is 9.97 Å². The molecule has 0 atom stereocenters. The fourth-order valence-corrected chi connectivity index (χ4v) is 2.70. The van der Waals surface area contributed by atoms with Crippen LogP contribution in [0, 0.1) is 6.92 Å². The third-order valence-corrected chi connectivity index (χ3v) is 4.40. The molecule has 32 heavy (non-hydrogen) atoms. The first kappa shape index (κ1) is 29.5. The van der Waals surface area contributed by atoms with Gasteiger partial charge >= 0.3 is 0 Å². The molecular formula is C26H39ClN4O. The number of nitrogens with zero attached hydrogens (tertiary/aromatic N) is 2. The number of nitrogens with one attached hydrogen (secondary N) is 1. The number of aromatic nitrogens is 2. The van der Waals surface area contributed by atoms with Gasteiger partial charge in [-0.2, -0.15) is 0 Å². The molecule has 0 bridgehead atoms. The summed E-state index contributed by atoms with van der Waals surface area (Å²) in [4.78, 5) is 20.5. The lowest BCUT2D eigenvalue weighted by atomic mass is 10.2. The largest absolute Gasteiger partial charge is 0.326 e. The van der Waals surface area contributed by atoms with Crippen LogP contribution < -0.4 is 11.1 Å². The van der Waals surface area contributed by atoms with E-state index in [1.807, 2.05) is 0 Å². The number of allylic oxidation sites excluding steroid dienone is 10. The van der Waals surface area contributed by atoms with Crippen molar-refractivity contribution in [2.45, 2.75) is 71.8 Å². The lowest BCUT2D eigenvalue weighted by molar-refractivity contribution is -0.116. The summed E-state index contributed by atoms with van der Waals surface area (Å²) < 4.78 is 0. The molecule has 0 radical (unpaired) electrons. The Balaban J connectivity index is 0.00000961. The highest BCUT2D eigenvalue weighted by molar-refractivity contribution is 5.90. The summed E-state index contributed by atoms with van der Waals surface area (Å²) in [7, 11) is 0. The van der Waals surface area contributed by atoms with Crippen LogP contribution in [0.25, 0.3) is 0 Å². The van der Waals surface area contributed by atoms with E-state index in [1.165, 1.54) is 0 Å².